The van der Waals surface area contributed by atoms with E-state index in [4.69, 9.17) is 23.2 Å². The van der Waals surface area contributed by atoms with Gasteiger partial charge in [0.05, 0.1) is 28.7 Å². The molecule has 178 valence electrons. The van der Waals surface area contributed by atoms with Gasteiger partial charge in [0.25, 0.3) is 0 Å². The molecule has 0 aromatic heterocycles. The number of piperazine rings is 1. The Hall–Kier alpha value is -2.70. The second kappa shape index (κ2) is 9.88. The van der Waals surface area contributed by atoms with E-state index in [0.717, 1.165) is 28.9 Å². The molecular weight excluding hydrogens is 484 g/mol. The van der Waals surface area contributed by atoms with Gasteiger partial charge in [0.2, 0.25) is 5.91 Å². The molecule has 1 amide bonds. The van der Waals surface area contributed by atoms with Crippen molar-refractivity contribution < 1.29 is 18.0 Å². The van der Waals surface area contributed by atoms with Gasteiger partial charge >= 0.3 is 6.18 Å². The third kappa shape index (κ3) is 5.50. The maximum Gasteiger partial charge on any atom is 0.416 e. The summed E-state index contributed by atoms with van der Waals surface area (Å²) >= 11 is 12.6. The van der Waals surface area contributed by atoms with E-state index in [0.29, 0.717) is 35.2 Å². The molecule has 0 aliphatic carbocycles. The van der Waals surface area contributed by atoms with Gasteiger partial charge in [0, 0.05) is 24.7 Å². The number of hydrogen-bond donors (Lipinski definition) is 0. The Labute approximate surface area is 206 Å². The fraction of sp³-hybridized carbons (Fsp3) is 0.269. The summed E-state index contributed by atoms with van der Waals surface area (Å²) in [5, 5.41) is 1.13. The molecule has 0 bridgehead atoms. The number of nitrogens with zero attached hydrogens (tertiary/aromatic N) is 2. The summed E-state index contributed by atoms with van der Waals surface area (Å²) in [4.78, 5) is 16.9. The third-order valence-corrected chi connectivity index (χ3v) is 6.55. The van der Waals surface area contributed by atoms with Crippen molar-refractivity contribution in [1.29, 1.82) is 0 Å². The lowest BCUT2D eigenvalue weighted by Crippen LogP contribution is -2.51. The van der Waals surface area contributed by atoms with Crippen LogP contribution in [0.3, 0.4) is 0 Å². The van der Waals surface area contributed by atoms with Gasteiger partial charge in [-0.15, -0.1) is 0 Å². The van der Waals surface area contributed by atoms with Crippen LogP contribution in [0.5, 0.6) is 0 Å². The van der Waals surface area contributed by atoms with Gasteiger partial charge in [-0.1, -0.05) is 53.5 Å². The highest BCUT2D eigenvalue weighted by atomic mass is 35.5. The lowest BCUT2D eigenvalue weighted by molar-refractivity contribution is -0.137. The first kappa shape index (κ1) is 24.4. The smallest absolute Gasteiger partial charge is 0.360 e. The topological polar surface area (TPSA) is 23.6 Å². The highest BCUT2D eigenvalue weighted by molar-refractivity contribution is 6.33. The van der Waals surface area contributed by atoms with Crippen LogP contribution in [0.1, 0.15) is 28.3 Å². The number of carbonyl (C=O) groups is 1. The zero-order chi connectivity index (χ0) is 24.5. The summed E-state index contributed by atoms with van der Waals surface area (Å²) in [6.07, 6.45) is -4.21. The van der Waals surface area contributed by atoms with Crippen molar-refractivity contribution in [2.45, 2.75) is 25.6 Å². The lowest BCUT2D eigenvalue weighted by atomic mass is 9.99. The van der Waals surface area contributed by atoms with Crippen LogP contribution < -0.4 is 4.90 Å². The van der Waals surface area contributed by atoms with Gasteiger partial charge in [0.1, 0.15) is 0 Å². The summed E-state index contributed by atoms with van der Waals surface area (Å²) in [6, 6.07) is 17.6. The molecule has 1 aliphatic rings. The Balaban J connectivity index is 1.63. The Morgan fingerprint density at radius 2 is 1.74 bits per heavy atom. The van der Waals surface area contributed by atoms with Gasteiger partial charge in [-0.25, -0.2) is 0 Å². The molecule has 1 heterocycles. The Morgan fingerprint density at radius 1 is 1.00 bits per heavy atom. The molecule has 3 aromatic rings. The number of halogens is 5. The van der Waals surface area contributed by atoms with Crippen molar-refractivity contribution in [3.8, 4) is 0 Å². The summed E-state index contributed by atoms with van der Waals surface area (Å²) in [7, 11) is 0. The van der Waals surface area contributed by atoms with Crippen LogP contribution >= 0.6 is 23.2 Å². The molecule has 4 rings (SSSR count). The molecule has 3 aromatic carbocycles. The first-order chi connectivity index (χ1) is 16.1. The Bertz CT molecular complexity index is 1180. The second-order valence-corrected chi connectivity index (χ2v) is 9.27. The SMILES string of the molecule is Cc1ccc(N2CCN(C(=O)Cc3cccc(Cl)c3)CC2c2ccc(C(F)(F)F)cc2)c(Cl)c1. The number of anilines is 1. The van der Waals surface area contributed by atoms with Crippen LogP contribution in [0.2, 0.25) is 10.0 Å². The molecule has 0 radical (unpaired) electrons. The molecule has 0 spiro atoms. The van der Waals surface area contributed by atoms with E-state index < -0.39 is 11.7 Å². The first-order valence-corrected chi connectivity index (χ1v) is 11.6. The van der Waals surface area contributed by atoms with Crippen LogP contribution in [-0.4, -0.2) is 30.4 Å². The Kier molecular flexibility index (Phi) is 7.10. The van der Waals surface area contributed by atoms with Gasteiger partial charge in [-0.3, -0.25) is 4.79 Å². The molecule has 1 unspecified atom stereocenters. The van der Waals surface area contributed by atoms with E-state index >= 15 is 0 Å². The molecule has 0 N–H and O–H groups in total. The number of benzene rings is 3. The van der Waals surface area contributed by atoms with Crippen LogP contribution in [-0.2, 0) is 17.4 Å². The average molecular weight is 507 g/mol. The molecule has 1 saturated heterocycles. The van der Waals surface area contributed by atoms with Crippen LogP contribution in [0, 0.1) is 6.92 Å². The first-order valence-electron chi connectivity index (χ1n) is 10.8. The molecular formula is C26H23Cl2F3N2O. The minimum Gasteiger partial charge on any atom is -0.360 e. The summed E-state index contributed by atoms with van der Waals surface area (Å²) in [5.41, 5.74) is 2.59. The molecule has 8 heteroatoms. The number of hydrogen-bond acceptors (Lipinski definition) is 2. The highest BCUT2D eigenvalue weighted by Gasteiger charge is 2.34. The zero-order valence-electron chi connectivity index (χ0n) is 18.4. The van der Waals surface area contributed by atoms with Crippen LogP contribution in [0.25, 0.3) is 0 Å². The van der Waals surface area contributed by atoms with Crippen molar-refractivity contribution in [2.75, 3.05) is 24.5 Å². The van der Waals surface area contributed by atoms with E-state index in [9.17, 15) is 18.0 Å². The standard InChI is InChI=1S/C26H23Cl2F3N2O/c1-17-5-10-23(22(28)13-17)33-12-11-32(25(34)15-18-3-2-4-21(27)14-18)16-24(33)19-6-8-20(9-7-19)26(29,30)31/h2-10,13-14,24H,11-12,15-16H2,1H3. The van der Waals surface area contributed by atoms with Crippen LogP contribution in [0.4, 0.5) is 18.9 Å². The van der Waals surface area contributed by atoms with E-state index in [-0.39, 0.29) is 18.4 Å². The molecule has 1 atom stereocenters. The van der Waals surface area contributed by atoms with E-state index in [2.05, 4.69) is 4.90 Å². The predicted octanol–water partition coefficient (Wildman–Crippen LogP) is 6.95. The monoisotopic (exact) mass is 506 g/mol. The van der Waals surface area contributed by atoms with Crippen molar-refractivity contribution >= 4 is 34.8 Å². The maximum atomic E-state index is 13.1. The fourth-order valence-corrected chi connectivity index (χ4v) is 4.81. The predicted molar refractivity (Wildman–Crippen MR) is 129 cm³/mol. The van der Waals surface area contributed by atoms with Crippen LogP contribution in [0.15, 0.2) is 66.7 Å². The molecule has 34 heavy (non-hydrogen) atoms. The van der Waals surface area contributed by atoms with E-state index in [1.54, 1.807) is 23.1 Å². The fourth-order valence-electron chi connectivity index (χ4n) is 4.26. The lowest BCUT2D eigenvalue weighted by Gasteiger charge is -2.43. The molecule has 3 nitrogen and oxygen atoms in total. The number of amides is 1. The van der Waals surface area contributed by atoms with Gasteiger partial charge in [-0.05, 0) is 60.0 Å². The zero-order valence-corrected chi connectivity index (χ0v) is 20.0. The Morgan fingerprint density at radius 3 is 2.38 bits per heavy atom. The number of alkyl halides is 3. The minimum absolute atomic E-state index is 0.0613. The van der Waals surface area contributed by atoms with Crippen molar-refractivity contribution in [1.82, 2.24) is 4.90 Å². The second-order valence-electron chi connectivity index (χ2n) is 8.43. The summed E-state index contributed by atoms with van der Waals surface area (Å²) in [6.45, 7) is 3.24. The largest absolute Gasteiger partial charge is 0.416 e. The number of carbonyl (C=O) groups excluding carboxylic acids is 1. The van der Waals surface area contributed by atoms with E-state index in [1.807, 2.05) is 31.2 Å². The van der Waals surface area contributed by atoms with Crippen molar-refractivity contribution in [2.24, 2.45) is 0 Å². The normalized spacial score (nSPS) is 16.6. The summed E-state index contributed by atoms with van der Waals surface area (Å²) < 4.78 is 39.3. The van der Waals surface area contributed by atoms with Crippen molar-refractivity contribution in [3.05, 3.63) is 99.0 Å². The van der Waals surface area contributed by atoms with Gasteiger partial charge in [-0.2, -0.15) is 13.2 Å². The molecule has 0 saturated carbocycles. The van der Waals surface area contributed by atoms with Crippen molar-refractivity contribution in [3.63, 3.8) is 0 Å². The highest BCUT2D eigenvalue weighted by Crippen LogP contribution is 2.37. The molecule has 1 aliphatic heterocycles. The maximum absolute atomic E-state index is 13.1. The third-order valence-electron chi connectivity index (χ3n) is 6.01. The number of rotatable bonds is 4. The average Bonchev–Trinajstić information content (AvgIpc) is 2.78. The van der Waals surface area contributed by atoms with Gasteiger partial charge < -0.3 is 9.80 Å². The van der Waals surface area contributed by atoms with E-state index in [1.165, 1.54) is 12.1 Å². The summed E-state index contributed by atoms with van der Waals surface area (Å²) in [5.74, 6) is -0.0613. The quantitative estimate of drug-likeness (QED) is 0.382. The number of aryl methyl sites for hydroxylation is 1. The van der Waals surface area contributed by atoms with Gasteiger partial charge in [0.15, 0.2) is 0 Å². The molecule has 1 fully saturated rings. The minimum atomic E-state index is -4.41.